The van der Waals surface area contributed by atoms with E-state index in [1.807, 2.05) is 31.2 Å². The number of hydrogen-bond acceptors (Lipinski definition) is 2. The molecule has 3 rings (SSSR count). The Hall–Kier alpha value is -3.28. The number of carbonyl (C=O) groups excluding carboxylic acids is 1. The summed E-state index contributed by atoms with van der Waals surface area (Å²) in [7, 11) is 0. The summed E-state index contributed by atoms with van der Waals surface area (Å²) in [5, 5.41) is 5.76. The first-order chi connectivity index (χ1) is 13.3. The fourth-order valence-electron chi connectivity index (χ4n) is 2.83. The molecule has 0 spiro atoms. The molecule has 3 aromatic rings. The third-order valence-electron chi connectivity index (χ3n) is 4.18. The number of nitrogens with one attached hydrogen (secondary N) is 2. The van der Waals surface area contributed by atoms with Gasteiger partial charge in [0.15, 0.2) is 0 Å². The SMILES string of the molecule is Cc1cccc(CNc2ccccc2C(=O)Nc2cccc(C(F)(F)F)c2)c1. The maximum atomic E-state index is 12.9. The van der Waals surface area contributed by atoms with Gasteiger partial charge in [-0.15, -0.1) is 0 Å². The molecule has 0 fully saturated rings. The van der Waals surface area contributed by atoms with E-state index in [-0.39, 0.29) is 5.69 Å². The van der Waals surface area contributed by atoms with Gasteiger partial charge in [-0.2, -0.15) is 13.2 Å². The van der Waals surface area contributed by atoms with E-state index in [1.54, 1.807) is 24.3 Å². The quantitative estimate of drug-likeness (QED) is 0.577. The monoisotopic (exact) mass is 384 g/mol. The van der Waals surface area contributed by atoms with Crippen LogP contribution in [0.2, 0.25) is 0 Å². The highest BCUT2D eigenvalue weighted by atomic mass is 19.4. The Morgan fingerprint density at radius 3 is 2.43 bits per heavy atom. The van der Waals surface area contributed by atoms with Crippen molar-refractivity contribution in [2.75, 3.05) is 10.6 Å². The van der Waals surface area contributed by atoms with Crippen molar-refractivity contribution in [3.05, 3.63) is 95.1 Å². The Bertz CT molecular complexity index is 983. The van der Waals surface area contributed by atoms with Crippen molar-refractivity contribution < 1.29 is 18.0 Å². The minimum atomic E-state index is -4.46. The lowest BCUT2D eigenvalue weighted by Gasteiger charge is -2.13. The molecule has 0 saturated carbocycles. The number of alkyl halides is 3. The van der Waals surface area contributed by atoms with Crippen LogP contribution in [0.25, 0.3) is 0 Å². The fraction of sp³-hybridized carbons (Fsp3) is 0.136. The van der Waals surface area contributed by atoms with Crippen molar-refractivity contribution >= 4 is 17.3 Å². The number of halogens is 3. The van der Waals surface area contributed by atoms with Gasteiger partial charge in [-0.3, -0.25) is 4.79 Å². The van der Waals surface area contributed by atoms with Crippen molar-refractivity contribution in [2.24, 2.45) is 0 Å². The van der Waals surface area contributed by atoms with Crippen LogP contribution in [0.1, 0.15) is 27.0 Å². The first-order valence-electron chi connectivity index (χ1n) is 8.70. The second-order valence-electron chi connectivity index (χ2n) is 6.42. The van der Waals surface area contributed by atoms with Crippen molar-refractivity contribution in [3.8, 4) is 0 Å². The third-order valence-corrected chi connectivity index (χ3v) is 4.18. The molecule has 2 N–H and O–H groups in total. The lowest BCUT2D eigenvalue weighted by Crippen LogP contribution is -2.15. The highest BCUT2D eigenvalue weighted by Gasteiger charge is 2.30. The van der Waals surface area contributed by atoms with E-state index >= 15 is 0 Å². The molecule has 6 heteroatoms. The smallest absolute Gasteiger partial charge is 0.380 e. The molecule has 144 valence electrons. The number of rotatable bonds is 5. The Labute approximate surface area is 161 Å². The molecular formula is C22H19F3N2O. The average Bonchev–Trinajstić information content (AvgIpc) is 2.66. The largest absolute Gasteiger partial charge is 0.416 e. The molecular weight excluding hydrogens is 365 g/mol. The van der Waals surface area contributed by atoms with Crippen LogP contribution in [0.3, 0.4) is 0 Å². The zero-order chi connectivity index (χ0) is 20.1. The maximum Gasteiger partial charge on any atom is 0.416 e. The molecule has 0 unspecified atom stereocenters. The number of benzene rings is 3. The highest BCUT2D eigenvalue weighted by Crippen LogP contribution is 2.31. The molecule has 0 radical (unpaired) electrons. The Morgan fingerprint density at radius 1 is 0.929 bits per heavy atom. The van der Waals surface area contributed by atoms with E-state index in [9.17, 15) is 18.0 Å². The van der Waals surface area contributed by atoms with E-state index in [0.29, 0.717) is 17.8 Å². The summed E-state index contributed by atoms with van der Waals surface area (Å²) in [6.07, 6.45) is -4.46. The summed E-state index contributed by atoms with van der Waals surface area (Å²) in [6.45, 7) is 2.52. The molecule has 3 nitrogen and oxygen atoms in total. The summed E-state index contributed by atoms with van der Waals surface area (Å²) in [4.78, 5) is 12.6. The van der Waals surface area contributed by atoms with Crippen molar-refractivity contribution in [3.63, 3.8) is 0 Å². The van der Waals surface area contributed by atoms with Crippen LogP contribution in [-0.2, 0) is 12.7 Å². The predicted molar refractivity (Wildman–Crippen MR) is 104 cm³/mol. The van der Waals surface area contributed by atoms with Crippen molar-refractivity contribution in [2.45, 2.75) is 19.6 Å². The van der Waals surface area contributed by atoms with Gasteiger partial charge >= 0.3 is 6.18 Å². The molecule has 0 aliphatic heterocycles. The van der Waals surface area contributed by atoms with E-state index in [2.05, 4.69) is 10.6 Å². The van der Waals surface area contributed by atoms with E-state index in [0.717, 1.165) is 23.3 Å². The van der Waals surface area contributed by atoms with E-state index in [1.165, 1.54) is 12.1 Å². The van der Waals surface area contributed by atoms with Gasteiger partial charge in [0.1, 0.15) is 0 Å². The standard InChI is InChI=1S/C22H19F3N2O/c1-15-6-4-7-16(12-15)14-26-20-11-3-2-10-19(20)21(28)27-18-9-5-8-17(13-18)22(23,24)25/h2-13,26H,14H2,1H3,(H,27,28). The summed E-state index contributed by atoms with van der Waals surface area (Å²) in [5.74, 6) is -0.480. The van der Waals surface area contributed by atoms with Crippen molar-refractivity contribution in [1.29, 1.82) is 0 Å². The summed E-state index contributed by atoms with van der Waals surface area (Å²) >= 11 is 0. The van der Waals surface area contributed by atoms with Gasteiger partial charge in [-0.25, -0.2) is 0 Å². The molecule has 0 heterocycles. The Morgan fingerprint density at radius 2 is 1.68 bits per heavy atom. The van der Waals surface area contributed by atoms with Crippen molar-refractivity contribution in [1.82, 2.24) is 0 Å². The molecule has 0 aliphatic carbocycles. The van der Waals surface area contributed by atoms with Gasteiger partial charge in [0.25, 0.3) is 5.91 Å². The number of aryl methyl sites for hydroxylation is 1. The second kappa shape index (κ2) is 8.17. The Kier molecular flexibility index (Phi) is 5.68. The van der Waals surface area contributed by atoms with Gasteiger partial charge in [-0.05, 0) is 42.8 Å². The molecule has 0 atom stereocenters. The van der Waals surface area contributed by atoms with Gasteiger partial charge in [0.05, 0.1) is 11.1 Å². The van der Waals surface area contributed by atoms with Crippen LogP contribution >= 0.6 is 0 Å². The van der Waals surface area contributed by atoms with Crippen LogP contribution in [0, 0.1) is 6.92 Å². The molecule has 0 saturated heterocycles. The summed E-state index contributed by atoms with van der Waals surface area (Å²) in [6, 6.07) is 19.4. The van der Waals surface area contributed by atoms with Crippen LogP contribution in [0.15, 0.2) is 72.8 Å². The van der Waals surface area contributed by atoms with Crippen LogP contribution < -0.4 is 10.6 Å². The first kappa shape index (κ1) is 19.5. The number of hydrogen-bond donors (Lipinski definition) is 2. The maximum absolute atomic E-state index is 12.9. The third kappa shape index (κ3) is 4.91. The molecule has 28 heavy (non-hydrogen) atoms. The molecule has 0 aromatic heterocycles. The highest BCUT2D eigenvalue weighted by molar-refractivity contribution is 6.08. The second-order valence-corrected chi connectivity index (χ2v) is 6.42. The van der Waals surface area contributed by atoms with Gasteiger partial charge < -0.3 is 10.6 Å². The zero-order valence-corrected chi connectivity index (χ0v) is 15.2. The summed E-state index contributed by atoms with van der Waals surface area (Å²) < 4.78 is 38.6. The van der Waals surface area contributed by atoms with Crippen LogP contribution in [0.4, 0.5) is 24.5 Å². The molecule has 0 aliphatic rings. The normalized spacial score (nSPS) is 11.1. The average molecular weight is 384 g/mol. The van der Waals surface area contributed by atoms with E-state index < -0.39 is 17.6 Å². The molecule has 1 amide bonds. The predicted octanol–water partition coefficient (Wildman–Crippen LogP) is 5.88. The zero-order valence-electron chi connectivity index (χ0n) is 15.2. The number of carbonyl (C=O) groups is 1. The number of anilines is 2. The topological polar surface area (TPSA) is 41.1 Å². The summed E-state index contributed by atoms with van der Waals surface area (Å²) in [5.41, 5.74) is 2.44. The van der Waals surface area contributed by atoms with Crippen LogP contribution in [0.5, 0.6) is 0 Å². The van der Waals surface area contributed by atoms with Gasteiger partial charge in [0, 0.05) is 17.9 Å². The first-order valence-corrected chi connectivity index (χ1v) is 8.70. The van der Waals surface area contributed by atoms with Crippen LogP contribution in [-0.4, -0.2) is 5.91 Å². The number of amides is 1. The number of para-hydroxylation sites is 1. The van der Waals surface area contributed by atoms with E-state index in [4.69, 9.17) is 0 Å². The Balaban J connectivity index is 1.76. The van der Waals surface area contributed by atoms with Gasteiger partial charge in [0.2, 0.25) is 0 Å². The minimum Gasteiger partial charge on any atom is -0.380 e. The fourth-order valence-corrected chi connectivity index (χ4v) is 2.83. The molecule has 0 bridgehead atoms. The van der Waals surface area contributed by atoms with Gasteiger partial charge in [-0.1, -0.05) is 48.0 Å². The lowest BCUT2D eigenvalue weighted by molar-refractivity contribution is -0.137. The lowest BCUT2D eigenvalue weighted by atomic mass is 10.1. The minimum absolute atomic E-state index is 0.0910. The molecule has 3 aromatic carbocycles.